The Hall–Kier alpha value is -2.04. The van der Waals surface area contributed by atoms with Gasteiger partial charge >= 0.3 is 0 Å². The highest BCUT2D eigenvalue weighted by molar-refractivity contribution is 5.92. The number of carbonyl (C=O) groups is 2. The lowest BCUT2D eigenvalue weighted by molar-refractivity contribution is -0.129. The molecule has 0 N–H and O–H groups in total. The van der Waals surface area contributed by atoms with Gasteiger partial charge in [0.05, 0.1) is 7.11 Å². The van der Waals surface area contributed by atoms with Crippen LogP contribution in [0.5, 0.6) is 5.75 Å². The predicted molar refractivity (Wildman–Crippen MR) is 88.2 cm³/mol. The number of anilines is 1. The van der Waals surface area contributed by atoms with Gasteiger partial charge in [0.1, 0.15) is 5.75 Å². The first-order valence-corrected chi connectivity index (χ1v) is 7.65. The second-order valence-corrected chi connectivity index (χ2v) is 5.29. The van der Waals surface area contributed by atoms with Gasteiger partial charge in [-0.3, -0.25) is 9.59 Å². The quantitative estimate of drug-likeness (QED) is 0.742. The van der Waals surface area contributed by atoms with Crippen molar-refractivity contribution in [3.63, 3.8) is 0 Å². The van der Waals surface area contributed by atoms with Crippen LogP contribution in [-0.2, 0) is 9.59 Å². The summed E-state index contributed by atoms with van der Waals surface area (Å²) in [5.74, 6) is 0.662. The van der Waals surface area contributed by atoms with E-state index in [0.29, 0.717) is 18.7 Å². The number of unbranched alkanes of at least 4 members (excludes halogenated alkanes) is 1. The van der Waals surface area contributed by atoms with Crippen LogP contribution in [0.1, 0.15) is 33.1 Å². The maximum atomic E-state index is 12.1. The summed E-state index contributed by atoms with van der Waals surface area (Å²) >= 11 is 0. The fourth-order valence-electron chi connectivity index (χ4n) is 2.17. The molecule has 0 fully saturated rings. The van der Waals surface area contributed by atoms with Crippen LogP contribution in [0.15, 0.2) is 24.3 Å². The number of benzene rings is 1. The van der Waals surface area contributed by atoms with E-state index in [4.69, 9.17) is 4.74 Å². The van der Waals surface area contributed by atoms with Gasteiger partial charge in [0.2, 0.25) is 11.8 Å². The molecular formula is C17H26N2O3. The topological polar surface area (TPSA) is 49.9 Å². The molecular weight excluding hydrogens is 280 g/mol. The monoisotopic (exact) mass is 306 g/mol. The summed E-state index contributed by atoms with van der Waals surface area (Å²) < 4.78 is 5.18. The molecule has 0 heterocycles. The molecule has 2 amide bonds. The van der Waals surface area contributed by atoms with Crippen molar-refractivity contribution < 1.29 is 14.3 Å². The van der Waals surface area contributed by atoms with Crippen molar-refractivity contribution in [2.24, 2.45) is 0 Å². The standard InChI is InChI=1S/C17H26N2O3/c1-5-6-11-18(3)17(21)10-12-19(14(2)20)15-8-7-9-16(13-15)22-4/h7-9,13H,5-6,10-12H2,1-4H3. The van der Waals surface area contributed by atoms with Crippen molar-refractivity contribution in [2.75, 3.05) is 32.1 Å². The molecule has 122 valence electrons. The Bertz CT molecular complexity index is 502. The molecule has 0 spiro atoms. The smallest absolute Gasteiger partial charge is 0.224 e. The van der Waals surface area contributed by atoms with E-state index in [2.05, 4.69) is 6.92 Å². The zero-order chi connectivity index (χ0) is 16.5. The third kappa shape index (κ3) is 5.39. The van der Waals surface area contributed by atoms with E-state index in [-0.39, 0.29) is 11.8 Å². The highest BCUT2D eigenvalue weighted by Crippen LogP contribution is 2.21. The molecule has 1 aromatic rings. The Labute approximate surface area is 132 Å². The van der Waals surface area contributed by atoms with Gasteiger partial charge in [0.25, 0.3) is 0 Å². The third-order valence-electron chi connectivity index (χ3n) is 3.57. The highest BCUT2D eigenvalue weighted by atomic mass is 16.5. The molecule has 1 aromatic carbocycles. The van der Waals surface area contributed by atoms with Crippen LogP contribution in [0.25, 0.3) is 0 Å². The molecule has 0 aliphatic heterocycles. The summed E-state index contributed by atoms with van der Waals surface area (Å²) in [6.45, 7) is 4.73. The molecule has 1 rings (SSSR count). The molecule has 0 aliphatic rings. The summed E-state index contributed by atoms with van der Waals surface area (Å²) in [5.41, 5.74) is 0.746. The first-order chi connectivity index (χ1) is 10.5. The third-order valence-corrected chi connectivity index (χ3v) is 3.57. The Kier molecular flexibility index (Phi) is 7.43. The average molecular weight is 306 g/mol. The van der Waals surface area contributed by atoms with E-state index in [0.717, 1.165) is 25.1 Å². The molecule has 0 bridgehead atoms. The van der Waals surface area contributed by atoms with Crippen LogP contribution in [0.2, 0.25) is 0 Å². The lowest BCUT2D eigenvalue weighted by Gasteiger charge is -2.23. The van der Waals surface area contributed by atoms with E-state index < -0.39 is 0 Å². The van der Waals surface area contributed by atoms with Crippen molar-refractivity contribution in [2.45, 2.75) is 33.1 Å². The summed E-state index contributed by atoms with van der Waals surface area (Å²) in [6, 6.07) is 7.30. The Balaban J connectivity index is 2.69. The Morgan fingerprint density at radius 1 is 1.23 bits per heavy atom. The minimum Gasteiger partial charge on any atom is -0.497 e. The lowest BCUT2D eigenvalue weighted by atomic mass is 10.2. The first kappa shape index (κ1) is 18.0. The van der Waals surface area contributed by atoms with Gasteiger partial charge in [-0.1, -0.05) is 19.4 Å². The number of amides is 2. The lowest BCUT2D eigenvalue weighted by Crippen LogP contribution is -2.35. The number of rotatable bonds is 8. The van der Waals surface area contributed by atoms with E-state index in [1.807, 2.05) is 25.2 Å². The van der Waals surface area contributed by atoms with Crippen LogP contribution in [0, 0.1) is 0 Å². The van der Waals surface area contributed by atoms with E-state index in [1.54, 1.807) is 23.0 Å². The van der Waals surface area contributed by atoms with E-state index in [9.17, 15) is 9.59 Å². The highest BCUT2D eigenvalue weighted by Gasteiger charge is 2.15. The fourth-order valence-corrected chi connectivity index (χ4v) is 2.17. The predicted octanol–water partition coefficient (Wildman–Crippen LogP) is 2.70. The zero-order valence-corrected chi connectivity index (χ0v) is 14.0. The zero-order valence-electron chi connectivity index (χ0n) is 14.0. The normalized spacial score (nSPS) is 10.2. The minimum atomic E-state index is -0.0859. The molecule has 0 radical (unpaired) electrons. The van der Waals surface area contributed by atoms with Crippen LogP contribution < -0.4 is 9.64 Å². The molecule has 0 unspecified atom stereocenters. The summed E-state index contributed by atoms with van der Waals surface area (Å²) in [6.07, 6.45) is 2.37. The molecule has 5 heteroatoms. The van der Waals surface area contributed by atoms with Gasteiger partial charge in [-0.15, -0.1) is 0 Å². The van der Waals surface area contributed by atoms with Crippen LogP contribution in [0.4, 0.5) is 5.69 Å². The van der Waals surface area contributed by atoms with Gasteiger partial charge in [0, 0.05) is 45.2 Å². The van der Waals surface area contributed by atoms with Gasteiger partial charge in [0.15, 0.2) is 0 Å². The van der Waals surface area contributed by atoms with Crippen molar-refractivity contribution in [3.8, 4) is 5.75 Å². The largest absolute Gasteiger partial charge is 0.497 e. The van der Waals surface area contributed by atoms with Gasteiger partial charge in [-0.25, -0.2) is 0 Å². The number of carbonyl (C=O) groups excluding carboxylic acids is 2. The number of ether oxygens (including phenoxy) is 1. The number of methoxy groups -OCH3 is 1. The second kappa shape index (κ2) is 9.07. The van der Waals surface area contributed by atoms with Crippen molar-refractivity contribution in [1.29, 1.82) is 0 Å². The summed E-state index contributed by atoms with van der Waals surface area (Å²) in [5, 5.41) is 0. The SMILES string of the molecule is CCCCN(C)C(=O)CCN(C(C)=O)c1cccc(OC)c1. The summed E-state index contributed by atoms with van der Waals surface area (Å²) in [4.78, 5) is 27.3. The summed E-state index contributed by atoms with van der Waals surface area (Å²) in [7, 11) is 3.39. The Morgan fingerprint density at radius 2 is 1.95 bits per heavy atom. The molecule has 22 heavy (non-hydrogen) atoms. The van der Waals surface area contributed by atoms with Gasteiger partial charge in [-0.2, -0.15) is 0 Å². The van der Waals surface area contributed by atoms with Crippen LogP contribution >= 0.6 is 0 Å². The average Bonchev–Trinajstić information content (AvgIpc) is 2.52. The molecule has 0 aliphatic carbocycles. The number of hydrogen-bond donors (Lipinski definition) is 0. The van der Waals surface area contributed by atoms with Crippen molar-refractivity contribution >= 4 is 17.5 Å². The molecule has 0 saturated heterocycles. The number of nitrogens with zero attached hydrogens (tertiary/aromatic N) is 2. The van der Waals surface area contributed by atoms with E-state index >= 15 is 0 Å². The number of hydrogen-bond acceptors (Lipinski definition) is 3. The van der Waals surface area contributed by atoms with Gasteiger partial charge < -0.3 is 14.5 Å². The van der Waals surface area contributed by atoms with Crippen molar-refractivity contribution in [3.05, 3.63) is 24.3 Å². The van der Waals surface area contributed by atoms with E-state index in [1.165, 1.54) is 6.92 Å². The molecule has 5 nitrogen and oxygen atoms in total. The maximum absolute atomic E-state index is 12.1. The van der Waals surface area contributed by atoms with Crippen LogP contribution in [0.3, 0.4) is 0 Å². The van der Waals surface area contributed by atoms with Crippen molar-refractivity contribution in [1.82, 2.24) is 4.90 Å². The minimum absolute atomic E-state index is 0.0580. The fraction of sp³-hybridized carbons (Fsp3) is 0.529. The Morgan fingerprint density at radius 3 is 2.55 bits per heavy atom. The molecule has 0 saturated carbocycles. The first-order valence-electron chi connectivity index (χ1n) is 7.65. The second-order valence-electron chi connectivity index (χ2n) is 5.29. The van der Waals surface area contributed by atoms with Gasteiger partial charge in [-0.05, 0) is 18.6 Å². The van der Waals surface area contributed by atoms with Crippen LogP contribution in [-0.4, -0.2) is 44.0 Å². The maximum Gasteiger partial charge on any atom is 0.224 e. The molecule has 0 aromatic heterocycles. The molecule has 0 atom stereocenters.